The number of amides is 1. The average molecular weight is 274 g/mol. The average Bonchev–Trinajstić information content (AvgIpc) is 2.84. The summed E-state index contributed by atoms with van der Waals surface area (Å²) in [5.74, 6) is 0.124. The second-order valence-electron chi connectivity index (χ2n) is 4.84. The maximum atomic E-state index is 12.0. The number of nitrogens with one attached hydrogen (secondary N) is 1. The molecule has 20 heavy (non-hydrogen) atoms. The van der Waals surface area contributed by atoms with Crippen molar-refractivity contribution in [2.45, 2.75) is 19.0 Å². The van der Waals surface area contributed by atoms with E-state index in [0.29, 0.717) is 5.82 Å². The molecule has 0 saturated carbocycles. The lowest BCUT2D eigenvalue weighted by Crippen LogP contribution is -2.47. The lowest BCUT2D eigenvalue weighted by Gasteiger charge is -2.29. The summed E-state index contributed by atoms with van der Waals surface area (Å²) < 4.78 is 1.45. The van der Waals surface area contributed by atoms with Crippen molar-refractivity contribution >= 4 is 11.7 Å². The number of aromatic nitrogens is 2. The SMILES string of the molecule is CC(CO)(NC(=O)Cn1ccc(N)n1)c1ccccc1. The number of hydrogen-bond donors (Lipinski definition) is 3. The van der Waals surface area contributed by atoms with Gasteiger partial charge >= 0.3 is 0 Å². The number of aliphatic hydroxyl groups is 1. The number of benzene rings is 1. The number of hydrogen-bond acceptors (Lipinski definition) is 4. The van der Waals surface area contributed by atoms with Crippen molar-refractivity contribution in [1.82, 2.24) is 15.1 Å². The minimum atomic E-state index is -0.822. The summed E-state index contributed by atoms with van der Waals surface area (Å²) in [6, 6.07) is 11.0. The van der Waals surface area contributed by atoms with Gasteiger partial charge in [-0.15, -0.1) is 0 Å². The third-order valence-corrected chi connectivity index (χ3v) is 3.11. The molecule has 0 spiro atoms. The molecule has 1 aromatic carbocycles. The summed E-state index contributed by atoms with van der Waals surface area (Å²) in [7, 11) is 0. The predicted octanol–water partition coefficient (Wildman–Crippen LogP) is 0.489. The van der Waals surface area contributed by atoms with E-state index in [9.17, 15) is 9.90 Å². The van der Waals surface area contributed by atoms with Crippen molar-refractivity contribution in [1.29, 1.82) is 0 Å². The van der Waals surface area contributed by atoms with E-state index in [1.165, 1.54) is 4.68 Å². The van der Waals surface area contributed by atoms with Gasteiger partial charge in [0.05, 0.1) is 12.1 Å². The van der Waals surface area contributed by atoms with Crippen molar-refractivity contribution in [2.24, 2.45) is 0 Å². The van der Waals surface area contributed by atoms with Crippen LogP contribution in [-0.4, -0.2) is 27.4 Å². The molecule has 1 aromatic heterocycles. The number of rotatable bonds is 5. The zero-order valence-electron chi connectivity index (χ0n) is 11.3. The first-order valence-electron chi connectivity index (χ1n) is 6.30. The zero-order chi connectivity index (χ0) is 14.6. The summed E-state index contributed by atoms with van der Waals surface area (Å²) in [5, 5.41) is 16.4. The first-order valence-corrected chi connectivity index (χ1v) is 6.30. The quantitative estimate of drug-likeness (QED) is 0.739. The molecule has 0 aliphatic heterocycles. The van der Waals surface area contributed by atoms with Crippen LogP contribution >= 0.6 is 0 Å². The molecule has 0 aliphatic carbocycles. The van der Waals surface area contributed by atoms with E-state index in [4.69, 9.17) is 5.73 Å². The molecule has 0 bridgehead atoms. The Morgan fingerprint density at radius 3 is 2.65 bits per heavy atom. The van der Waals surface area contributed by atoms with Crippen molar-refractivity contribution in [3.05, 3.63) is 48.2 Å². The van der Waals surface area contributed by atoms with Crippen LogP contribution in [0, 0.1) is 0 Å². The molecule has 2 rings (SSSR count). The molecular weight excluding hydrogens is 256 g/mol. The molecule has 0 aliphatic rings. The summed E-state index contributed by atoms with van der Waals surface area (Å²) >= 11 is 0. The van der Waals surface area contributed by atoms with Gasteiger partial charge in [0.2, 0.25) is 5.91 Å². The summed E-state index contributed by atoms with van der Waals surface area (Å²) in [4.78, 5) is 12.0. The first kappa shape index (κ1) is 14.1. The number of nitrogen functional groups attached to an aromatic ring is 1. The first-order chi connectivity index (χ1) is 9.53. The molecule has 106 valence electrons. The molecule has 4 N–H and O–H groups in total. The van der Waals surface area contributed by atoms with E-state index < -0.39 is 5.54 Å². The monoisotopic (exact) mass is 274 g/mol. The molecule has 0 fully saturated rings. The third-order valence-electron chi connectivity index (χ3n) is 3.11. The standard InChI is InChI=1S/C14H18N4O2/c1-14(10-19,11-5-3-2-4-6-11)16-13(20)9-18-8-7-12(15)17-18/h2-8,19H,9-10H2,1H3,(H2,15,17)(H,16,20). The molecular formula is C14H18N4O2. The fraction of sp³-hybridized carbons (Fsp3) is 0.286. The molecule has 1 atom stereocenters. The van der Waals surface area contributed by atoms with E-state index in [1.807, 2.05) is 30.3 Å². The fourth-order valence-corrected chi connectivity index (χ4v) is 1.97. The zero-order valence-corrected chi connectivity index (χ0v) is 11.3. The Morgan fingerprint density at radius 1 is 1.40 bits per heavy atom. The molecule has 1 amide bonds. The van der Waals surface area contributed by atoms with E-state index in [-0.39, 0.29) is 19.1 Å². The van der Waals surface area contributed by atoms with Crippen molar-refractivity contribution in [2.75, 3.05) is 12.3 Å². The molecule has 6 heteroatoms. The highest BCUT2D eigenvalue weighted by Crippen LogP contribution is 2.19. The Bertz CT molecular complexity index is 582. The second-order valence-corrected chi connectivity index (χ2v) is 4.84. The highest BCUT2D eigenvalue weighted by molar-refractivity contribution is 5.76. The van der Waals surface area contributed by atoms with E-state index in [0.717, 1.165) is 5.56 Å². The van der Waals surface area contributed by atoms with Gasteiger partial charge in [-0.3, -0.25) is 9.48 Å². The number of nitrogens with zero attached hydrogens (tertiary/aromatic N) is 2. The van der Waals surface area contributed by atoms with Crippen LogP contribution in [0.5, 0.6) is 0 Å². The minimum Gasteiger partial charge on any atom is -0.394 e. The Hall–Kier alpha value is -2.34. The highest BCUT2D eigenvalue weighted by atomic mass is 16.3. The number of carbonyl (C=O) groups is 1. The topological polar surface area (TPSA) is 93.2 Å². The second kappa shape index (κ2) is 5.75. The van der Waals surface area contributed by atoms with Gasteiger partial charge in [0.15, 0.2) is 0 Å². The van der Waals surface area contributed by atoms with E-state index >= 15 is 0 Å². The van der Waals surface area contributed by atoms with Gasteiger partial charge in [-0.1, -0.05) is 30.3 Å². The fourth-order valence-electron chi connectivity index (χ4n) is 1.97. The van der Waals surface area contributed by atoms with Gasteiger partial charge in [-0.2, -0.15) is 5.10 Å². The van der Waals surface area contributed by atoms with Crippen LogP contribution in [0.15, 0.2) is 42.6 Å². The van der Waals surface area contributed by atoms with Crippen LogP contribution in [-0.2, 0) is 16.9 Å². The van der Waals surface area contributed by atoms with Gasteiger partial charge in [0, 0.05) is 6.20 Å². The minimum absolute atomic E-state index is 0.0552. The summed E-state index contributed by atoms with van der Waals surface area (Å²) in [5.41, 5.74) is 5.52. The maximum Gasteiger partial charge on any atom is 0.242 e. The van der Waals surface area contributed by atoms with Crippen molar-refractivity contribution in [3.8, 4) is 0 Å². The molecule has 2 aromatic rings. The molecule has 0 radical (unpaired) electrons. The van der Waals surface area contributed by atoms with Crippen LogP contribution in [0.3, 0.4) is 0 Å². The number of anilines is 1. The van der Waals surface area contributed by atoms with Gasteiger partial charge in [-0.25, -0.2) is 0 Å². The maximum absolute atomic E-state index is 12.0. The Balaban J connectivity index is 2.08. The van der Waals surface area contributed by atoms with Crippen molar-refractivity contribution in [3.63, 3.8) is 0 Å². The van der Waals surface area contributed by atoms with E-state index in [1.54, 1.807) is 19.2 Å². The Morgan fingerprint density at radius 2 is 2.10 bits per heavy atom. The smallest absolute Gasteiger partial charge is 0.242 e. The largest absolute Gasteiger partial charge is 0.394 e. The Labute approximate surface area is 117 Å². The third kappa shape index (κ3) is 3.16. The molecule has 1 unspecified atom stereocenters. The van der Waals surface area contributed by atoms with Crippen LogP contribution in [0.25, 0.3) is 0 Å². The van der Waals surface area contributed by atoms with Gasteiger partial charge in [0.25, 0.3) is 0 Å². The van der Waals surface area contributed by atoms with Crippen LogP contribution in [0.2, 0.25) is 0 Å². The van der Waals surface area contributed by atoms with Crippen LogP contribution in [0.1, 0.15) is 12.5 Å². The van der Waals surface area contributed by atoms with Crippen LogP contribution in [0.4, 0.5) is 5.82 Å². The van der Waals surface area contributed by atoms with Crippen molar-refractivity contribution < 1.29 is 9.90 Å². The molecule has 6 nitrogen and oxygen atoms in total. The molecule has 0 saturated heterocycles. The van der Waals surface area contributed by atoms with Crippen LogP contribution < -0.4 is 11.1 Å². The normalized spacial score (nSPS) is 13.7. The lowest BCUT2D eigenvalue weighted by molar-refractivity contribution is -0.124. The van der Waals surface area contributed by atoms with Gasteiger partial charge in [0.1, 0.15) is 12.4 Å². The number of nitrogens with two attached hydrogens (primary N) is 1. The summed E-state index contributed by atoms with van der Waals surface area (Å²) in [6.07, 6.45) is 1.63. The van der Waals surface area contributed by atoms with Gasteiger partial charge in [-0.05, 0) is 18.6 Å². The predicted molar refractivity (Wildman–Crippen MR) is 75.7 cm³/mol. The summed E-state index contributed by atoms with van der Waals surface area (Å²) in [6.45, 7) is 1.64. The highest BCUT2D eigenvalue weighted by Gasteiger charge is 2.27. The van der Waals surface area contributed by atoms with E-state index in [2.05, 4.69) is 10.4 Å². The number of carbonyl (C=O) groups excluding carboxylic acids is 1. The van der Waals surface area contributed by atoms with Gasteiger partial charge < -0.3 is 16.2 Å². The Kier molecular flexibility index (Phi) is 4.05. The number of aliphatic hydroxyl groups excluding tert-OH is 1. The lowest BCUT2D eigenvalue weighted by atomic mass is 9.93. The molecule has 1 heterocycles.